The Hall–Kier alpha value is -1.36. The number of halogens is 1. The van der Waals surface area contributed by atoms with Crippen molar-refractivity contribution in [2.45, 2.75) is 6.92 Å². The molecule has 5 nitrogen and oxygen atoms in total. The molecule has 0 unspecified atom stereocenters. The van der Waals surface area contributed by atoms with Gasteiger partial charge >= 0.3 is 0 Å². The molecule has 1 N–H and O–H groups in total. The van der Waals surface area contributed by atoms with Crippen molar-refractivity contribution >= 4 is 22.6 Å². The maximum Gasteiger partial charge on any atom is 0.263 e. The molecule has 0 aliphatic carbocycles. The molecule has 0 bridgehead atoms. The Bertz CT molecular complexity index is 527. The highest BCUT2D eigenvalue weighted by Gasteiger charge is 2.10. The summed E-state index contributed by atoms with van der Waals surface area (Å²) in [4.78, 5) is 17.8. The van der Waals surface area contributed by atoms with E-state index >= 15 is 0 Å². The van der Waals surface area contributed by atoms with Gasteiger partial charge in [-0.15, -0.1) is 0 Å². The number of hydrogen-bond donors (Lipinski definition) is 1. The number of nitrogens with one attached hydrogen (secondary N) is 1. The van der Waals surface area contributed by atoms with Crippen LogP contribution in [0.3, 0.4) is 0 Å². The number of H-pyrrole nitrogens is 1. The topological polar surface area (TPSA) is 63.6 Å². The highest BCUT2D eigenvalue weighted by molar-refractivity contribution is 6.28. The summed E-state index contributed by atoms with van der Waals surface area (Å²) >= 11 is 5.60. The van der Waals surface area contributed by atoms with Crippen LogP contribution in [0.15, 0.2) is 4.79 Å². The average Bonchev–Trinajstić information content (AvgIpc) is 2.27. The lowest BCUT2D eigenvalue weighted by molar-refractivity contribution is 0.773. The fourth-order valence-corrected chi connectivity index (χ4v) is 1.48. The van der Waals surface area contributed by atoms with Crippen molar-refractivity contribution < 1.29 is 0 Å². The number of nitrogens with zero attached hydrogens (tertiary/aromatic N) is 3. The molecule has 68 valence electrons. The van der Waals surface area contributed by atoms with Crippen molar-refractivity contribution in [2.75, 3.05) is 0 Å². The minimum Gasteiger partial charge on any atom is -0.296 e. The standard InChI is InChI=1S/C7H7ClN4O/c1-3-4-5(12(2)11-3)9-7(8)10-6(4)13/h1-2H3,(H,9,10,13). The minimum absolute atomic E-state index is 0.0838. The molecule has 0 fully saturated rings. The van der Waals surface area contributed by atoms with Crippen LogP contribution in [0.1, 0.15) is 5.69 Å². The Morgan fingerprint density at radius 3 is 2.92 bits per heavy atom. The van der Waals surface area contributed by atoms with Gasteiger partial charge in [0.15, 0.2) is 5.65 Å². The molecular weight excluding hydrogens is 192 g/mol. The Kier molecular flexibility index (Phi) is 1.63. The molecule has 13 heavy (non-hydrogen) atoms. The molecule has 0 saturated heterocycles. The zero-order valence-corrected chi connectivity index (χ0v) is 7.88. The number of rotatable bonds is 0. The van der Waals surface area contributed by atoms with Crippen LogP contribution in [-0.4, -0.2) is 19.7 Å². The van der Waals surface area contributed by atoms with Crippen LogP contribution in [0.2, 0.25) is 5.28 Å². The van der Waals surface area contributed by atoms with Crippen molar-refractivity contribution in [3.05, 3.63) is 21.3 Å². The third-order valence-electron chi connectivity index (χ3n) is 1.84. The zero-order valence-electron chi connectivity index (χ0n) is 7.13. The molecule has 0 spiro atoms. The quantitative estimate of drug-likeness (QED) is 0.632. The van der Waals surface area contributed by atoms with Crippen LogP contribution in [0.4, 0.5) is 0 Å². The molecular formula is C7H7ClN4O. The molecule has 2 heterocycles. The van der Waals surface area contributed by atoms with Crippen LogP contribution in [0, 0.1) is 6.92 Å². The van der Waals surface area contributed by atoms with E-state index in [9.17, 15) is 4.79 Å². The van der Waals surface area contributed by atoms with E-state index in [4.69, 9.17) is 11.6 Å². The first-order valence-electron chi connectivity index (χ1n) is 3.68. The Morgan fingerprint density at radius 1 is 1.54 bits per heavy atom. The lowest BCUT2D eigenvalue weighted by Crippen LogP contribution is -2.08. The van der Waals surface area contributed by atoms with Crippen LogP contribution < -0.4 is 5.56 Å². The molecule has 0 radical (unpaired) electrons. The molecule has 0 atom stereocenters. The Morgan fingerprint density at radius 2 is 2.23 bits per heavy atom. The van der Waals surface area contributed by atoms with Crippen molar-refractivity contribution in [1.29, 1.82) is 0 Å². The molecule has 0 aliphatic heterocycles. The van der Waals surface area contributed by atoms with E-state index < -0.39 is 0 Å². The third kappa shape index (κ3) is 1.12. The van der Waals surface area contributed by atoms with E-state index in [0.717, 1.165) is 0 Å². The number of hydrogen-bond acceptors (Lipinski definition) is 3. The van der Waals surface area contributed by atoms with Crippen molar-refractivity contribution in [3.8, 4) is 0 Å². The number of aromatic amines is 1. The normalized spacial score (nSPS) is 11.0. The highest BCUT2D eigenvalue weighted by Crippen LogP contribution is 2.11. The molecule has 2 rings (SSSR count). The van der Waals surface area contributed by atoms with E-state index in [1.807, 2.05) is 0 Å². The number of fused-ring (bicyclic) bond motifs is 1. The van der Waals surface area contributed by atoms with Gasteiger partial charge in [-0.25, -0.2) is 4.68 Å². The van der Waals surface area contributed by atoms with Crippen LogP contribution in [0.5, 0.6) is 0 Å². The molecule has 0 saturated carbocycles. The lowest BCUT2D eigenvalue weighted by atomic mass is 10.3. The summed E-state index contributed by atoms with van der Waals surface area (Å²) in [6.07, 6.45) is 0. The fourth-order valence-electron chi connectivity index (χ4n) is 1.32. The van der Waals surface area contributed by atoms with Gasteiger partial charge in [-0.05, 0) is 18.5 Å². The third-order valence-corrected chi connectivity index (χ3v) is 2.02. The fraction of sp³-hybridized carbons (Fsp3) is 0.286. The van der Waals surface area contributed by atoms with Gasteiger partial charge in [-0.3, -0.25) is 9.78 Å². The molecule has 2 aromatic heterocycles. The van der Waals surface area contributed by atoms with Crippen molar-refractivity contribution in [1.82, 2.24) is 19.7 Å². The summed E-state index contributed by atoms with van der Waals surface area (Å²) in [6.45, 7) is 1.76. The first-order chi connectivity index (χ1) is 6.09. The second-order valence-corrected chi connectivity index (χ2v) is 3.12. The molecule has 0 amide bonds. The highest BCUT2D eigenvalue weighted by atomic mass is 35.5. The summed E-state index contributed by atoms with van der Waals surface area (Å²) in [7, 11) is 1.72. The average molecular weight is 199 g/mol. The van der Waals surface area contributed by atoms with Crippen LogP contribution in [0.25, 0.3) is 11.0 Å². The zero-order chi connectivity index (χ0) is 9.59. The van der Waals surface area contributed by atoms with Gasteiger partial charge in [0.1, 0.15) is 5.39 Å². The lowest BCUT2D eigenvalue weighted by Gasteiger charge is -1.92. The second kappa shape index (κ2) is 2.56. The monoisotopic (exact) mass is 198 g/mol. The summed E-state index contributed by atoms with van der Waals surface area (Å²) in [6, 6.07) is 0. The Balaban J connectivity index is 3.06. The van der Waals surface area contributed by atoms with Gasteiger partial charge in [0.05, 0.1) is 5.69 Å². The maximum atomic E-state index is 11.4. The minimum atomic E-state index is -0.249. The number of aryl methyl sites for hydroxylation is 2. The van der Waals surface area contributed by atoms with Crippen molar-refractivity contribution in [2.24, 2.45) is 7.05 Å². The summed E-state index contributed by atoms with van der Waals surface area (Å²) < 4.78 is 1.53. The van der Waals surface area contributed by atoms with Gasteiger partial charge in [-0.2, -0.15) is 10.1 Å². The van der Waals surface area contributed by atoms with Crippen LogP contribution in [-0.2, 0) is 7.05 Å². The van der Waals surface area contributed by atoms with Gasteiger partial charge < -0.3 is 0 Å². The van der Waals surface area contributed by atoms with Gasteiger partial charge in [0, 0.05) is 7.05 Å². The molecule has 2 aromatic rings. The molecule has 0 aromatic carbocycles. The van der Waals surface area contributed by atoms with Gasteiger partial charge in [0.25, 0.3) is 5.56 Å². The predicted molar refractivity (Wildman–Crippen MR) is 48.9 cm³/mol. The largest absolute Gasteiger partial charge is 0.296 e. The van der Waals surface area contributed by atoms with E-state index in [1.165, 1.54) is 4.68 Å². The molecule has 0 aliphatic rings. The van der Waals surface area contributed by atoms with Crippen LogP contribution >= 0.6 is 11.6 Å². The number of aromatic nitrogens is 4. The SMILES string of the molecule is Cc1nn(C)c2nc(Cl)[nH]c(=O)c12. The van der Waals surface area contributed by atoms with E-state index in [-0.39, 0.29) is 10.8 Å². The summed E-state index contributed by atoms with van der Waals surface area (Å²) in [5.74, 6) is 0. The first kappa shape index (κ1) is 8.25. The maximum absolute atomic E-state index is 11.4. The first-order valence-corrected chi connectivity index (χ1v) is 4.06. The van der Waals surface area contributed by atoms with E-state index in [2.05, 4.69) is 15.1 Å². The van der Waals surface area contributed by atoms with Gasteiger partial charge in [-0.1, -0.05) is 0 Å². The summed E-state index contributed by atoms with van der Waals surface area (Å²) in [5.41, 5.74) is 0.912. The van der Waals surface area contributed by atoms with E-state index in [0.29, 0.717) is 16.7 Å². The Labute approximate surface area is 78.4 Å². The predicted octanol–water partition coefficient (Wildman–Crippen LogP) is 0.618. The summed E-state index contributed by atoms with van der Waals surface area (Å²) in [5, 5.41) is 4.64. The second-order valence-electron chi connectivity index (χ2n) is 2.76. The van der Waals surface area contributed by atoms with Crippen molar-refractivity contribution in [3.63, 3.8) is 0 Å². The molecule has 6 heteroatoms. The van der Waals surface area contributed by atoms with Gasteiger partial charge in [0.2, 0.25) is 5.28 Å². The van der Waals surface area contributed by atoms with E-state index in [1.54, 1.807) is 14.0 Å². The smallest absolute Gasteiger partial charge is 0.263 e.